The lowest BCUT2D eigenvalue weighted by molar-refractivity contribution is -0.116. The summed E-state index contributed by atoms with van der Waals surface area (Å²) in [5.41, 5.74) is 2.46. The van der Waals surface area contributed by atoms with E-state index in [2.05, 4.69) is 16.8 Å². The van der Waals surface area contributed by atoms with Crippen LogP contribution in [0.3, 0.4) is 0 Å². The molecule has 0 N–H and O–H groups in total. The number of amides is 2. The van der Waals surface area contributed by atoms with Gasteiger partial charge >= 0.3 is 0 Å². The zero-order valence-electron chi connectivity index (χ0n) is 21.8. The van der Waals surface area contributed by atoms with Crippen LogP contribution in [0.1, 0.15) is 48.5 Å². The molecule has 0 atom stereocenters. The molecular formula is C29H40N4O3. The standard InChI is InChI=1S/C29H40N4O3/c1-24(34)33-19-9-15-30(2)20-21-32(23-25-11-3-5-13-27(25)33)29(35)26-12-4-6-14-28(26)36-22-10-18-31-16-7-8-17-31/h3-6,11-14H,7-10,15-23H2,1-2H3. The molecule has 7 nitrogen and oxygen atoms in total. The second-order valence-corrected chi connectivity index (χ2v) is 9.93. The van der Waals surface area contributed by atoms with Gasteiger partial charge in [0.25, 0.3) is 5.91 Å². The smallest absolute Gasteiger partial charge is 0.257 e. The molecule has 2 amide bonds. The molecule has 0 bridgehead atoms. The van der Waals surface area contributed by atoms with Crippen molar-refractivity contribution in [3.8, 4) is 5.75 Å². The van der Waals surface area contributed by atoms with Gasteiger partial charge in [0.05, 0.1) is 12.2 Å². The van der Waals surface area contributed by atoms with Gasteiger partial charge in [0.1, 0.15) is 5.75 Å². The number of para-hydroxylation sites is 2. The Morgan fingerprint density at radius 1 is 0.861 bits per heavy atom. The highest BCUT2D eigenvalue weighted by molar-refractivity contribution is 5.97. The normalized spacial score (nSPS) is 17.9. The van der Waals surface area contributed by atoms with E-state index in [9.17, 15) is 9.59 Å². The minimum absolute atomic E-state index is 0.0231. The number of hydrogen-bond donors (Lipinski definition) is 0. The topological polar surface area (TPSA) is 56.3 Å². The summed E-state index contributed by atoms with van der Waals surface area (Å²) >= 11 is 0. The van der Waals surface area contributed by atoms with Gasteiger partial charge in [-0.25, -0.2) is 0 Å². The Kier molecular flexibility index (Phi) is 9.36. The van der Waals surface area contributed by atoms with E-state index in [-0.39, 0.29) is 11.8 Å². The van der Waals surface area contributed by atoms with Crippen molar-refractivity contribution in [2.24, 2.45) is 0 Å². The molecule has 2 aromatic carbocycles. The first-order chi connectivity index (χ1) is 17.5. The summed E-state index contributed by atoms with van der Waals surface area (Å²) in [5.74, 6) is 0.627. The van der Waals surface area contributed by atoms with Crippen LogP contribution in [0.5, 0.6) is 5.75 Å². The summed E-state index contributed by atoms with van der Waals surface area (Å²) in [4.78, 5) is 34.8. The third-order valence-corrected chi connectivity index (χ3v) is 7.18. The molecule has 1 saturated heterocycles. The lowest BCUT2D eigenvalue weighted by atomic mass is 10.1. The van der Waals surface area contributed by atoms with Crippen molar-refractivity contribution in [3.05, 3.63) is 59.7 Å². The van der Waals surface area contributed by atoms with Crippen LogP contribution in [0.2, 0.25) is 0 Å². The minimum atomic E-state index is -0.0398. The molecule has 0 aromatic heterocycles. The third-order valence-electron chi connectivity index (χ3n) is 7.18. The molecule has 0 saturated carbocycles. The van der Waals surface area contributed by atoms with E-state index in [0.717, 1.165) is 43.7 Å². The van der Waals surface area contributed by atoms with Gasteiger partial charge in [-0.3, -0.25) is 9.59 Å². The molecule has 2 aliphatic rings. The fourth-order valence-corrected chi connectivity index (χ4v) is 5.13. The van der Waals surface area contributed by atoms with Crippen molar-refractivity contribution in [2.45, 2.75) is 39.2 Å². The van der Waals surface area contributed by atoms with Gasteiger partial charge < -0.3 is 24.3 Å². The average Bonchev–Trinajstić information content (AvgIpc) is 3.39. The molecule has 0 unspecified atom stereocenters. The molecule has 0 radical (unpaired) electrons. The lowest BCUT2D eigenvalue weighted by Crippen LogP contribution is -2.37. The number of nitrogens with zero attached hydrogens (tertiary/aromatic N) is 4. The monoisotopic (exact) mass is 492 g/mol. The summed E-state index contributed by atoms with van der Waals surface area (Å²) in [5, 5.41) is 0. The van der Waals surface area contributed by atoms with Crippen LogP contribution in [-0.2, 0) is 11.3 Å². The van der Waals surface area contributed by atoms with Gasteiger partial charge in [-0.05, 0) is 76.1 Å². The van der Waals surface area contributed by atoms with Crippen molar-refractivity contribution in [2.75, 3.05) is 64.4 Å². The number of carbonyl (C=O) groups excluding carboxylic acids is 2. The minimum Gasteiger partial charge on any atom is -0.493 e. The molecule has 36 heavy (non-hydrogen) atoms. The van der Waals surface area contributed by atoms with Crippen molar-refractivity contribution in [1.82, 2.24) is 14.7 Å². The Morgan fingerprint density at radius 3 is 2.42 bits per heavy atom. The van der Waals surface area contributed by atoms with Gasteiger partial charge in [0.15, 0.2) is 0 Å². The Labute approximate surface area is 215 Å². The molecule has 2 heterocycles. The largest absolute Gasteiger partial charge is 0.493 e. The van der Waals surface area contributed by atoms with Crippen LogP contribution in [0.25, 0.3) is 0 Å². The Balaban J connectivity index is 1.53. The van der Waals surface area contributed by atoms with Crippen LogP contribution in [-0.4, -0.2) is 86.0 Å². The van der Waals surface area contributed by atoms with E-state index in [0.29, 0.717) is 37.6 Å². The number of benzene rings is 2. The Hall–Kier alpha value is -2.90. The van der Waals surface area contributed by atoms with Crippen LogP contribution < -0.4 is 9.64 Å². The SMILES string of the molecule is CC(=O)N1CCCN(C)CCN(C(=O)c2ccccc2OCCCN2CCCC2)Cc2ccccc21. The van der Waals surface area contributed by atoms with Crippen LogP contribution >= 0.6 is 0 Å². The van der Waals surface area contributed by atoms with Gasteiger partial charge in [-0.1, -0.05) is 30.3 Å². The summed E-state index contributed by atoms with van der Waals surface area (Å²) in [6.45, 7) is 8.96. The fourth-order valence-electron chi connectivity index (χ4n) is 5.13. The second-order valence-electron chi connectivity index (χ2n) is 9.93. The number of carbonyl (C=O) groups is 2. The fraction of sp³-hybridized carbons (Fsp3) is 0.517. The summed E-state index contributed by atoms with van der Waals surface area (Å²) in [7, 11) is 2.07. The Morgan fingerprint density at radius 2 is 1.61 bits per heavy atom. The molecule has 2 aromatic rings. The maximum absolute atomic E-state index is 13.9. The Bertz CT molecular complexity index is 1020. The van der Waals surface area contributed by atoms with Gasteiger partial charge in [0, 0.05) is 45.3 Å². The van der Waals surface area contributed by atoms with E-state index in [1.54, 1.807) is 6.92 Å². The quantitative estimate of drug-likeness (QED) is 0.573. The summed E-state index contributed by atoms with van der Waals surface area (Å²) in [6.07, 6.45) is 4.41. The predicted octanol–water partition coefficient (Wildman–Crippen LogP) is 3.88. The number of ether oxygens (including phenoxy) is 1. The molecule has 2 aliphatic heterocycles. The van der Waals surface area contributed by atoms with Crippen molar-refractivity contribution < 1.29 is 14.3 Å². The van der Waals surface area contributed by atoms with Gasteiger partial charge in [-0.2, -0.15) is 0 Å². The number of hydrogen-bond acceptors (Lipinski definition) is 5. The number of likely N-dealkylation sites (N-methyl/N-ethyl adjacent to an activating group) is 1. The second kappa shape index (κ2) is 12.9. The molecule has 4 rings (SSSR count). The van der Waals surface area contributed by atoms with E-state index >= 15 is 0 Å². The average molecular weight is 493 g/mol. The van der Waals surface area contributed by atoms with E-state index in [4.69, 9.17) is 4.74 Å². The van der Waals surface area contributed by atoms with Crippen LogP contribution in [0, 0.1) is 0 Å². The summed E-state index contributed by atoms with van der Waals surface area (Å²) in [6, 6.07) is 15.5. The third kappa shape index (κ3) is 6.86. The van der Waals surface area contributed by atoms with Crippen molar-refractivity contribution >= 4 is 17.5 Å². The van der Waals surface area contributed by atoms with Crippen molar-refractivity contribution in [3.63, 3.8) is 0 Å². The highest BCUT2D eigenvalue weighted by Crippen LogP contribution is 2.26. The number of anilines is 1. The molecule has 7 heteroatoms. The van der Waals surface area contributed by atoms with Crippen LogP contribution in [0.15, 0.2) is 48.5 Å². The van der Waals surface area contributed by atoms with Gasteiger partial charge in [0.2, 0.25) is 5.91 Å². The van der Waals surface area contributed by atoms with Gasteiger partial charge in [-0.15, -0.1) is 0 Å². The first kappa shape index (κ1) is 26.2. The highest BCUT2D eigenvalue weighted by Gasteiger charge is 2.24. The molecule has 194 valence electrons. The maximum Gasteiger partial charge on any atom is 0.257 e. The maximum atomic E-state index is 13.9. The number of fused-ring (bicyclic) bond motifs is 1. The molecule has 0 aliphatic carbocycles. The summed E-state index contributed by atoms with van der Waals surface area (Å²) < 4.78 is 6.13. The lowest BCUT2D eigenvalue weighted by Gasteiger charge is -2.28. The van der Waals surface area contributed by atoms with E-state index in [1.807, 2.05) is 58.3 Å². The zero-order valence-corrected chi connectivity index (χ0v) is 21.8. The van der Waals surface area contributed by atoms with Crippen molar-refractivity contribution in [1.29, 1.82) is 0 Å². The zero-order chi connectivity index (χ0) is 25.3. The first-order valence-corrected chi connectivity index (χ1v) is 13.3. The van der Waals surface area contributed by atoms with E-state index in [1.165, 1.54) is 25.9 Å². The predicted molar refractivity (Wildman–Crippen MR) is 144 cm³/mol. The van der Waals surface area contributed by atoms with E-state index < -0.39 is 0 Å². The molecular weight excluding hydrogens is 452 g/mol. The first-order valence-electron chi connectivity index (χ1n) is 13.3. The highest BCUT2D eigenvalue weighted by atomic mass is 16.5. The molecule has 1 fully saturated rings. The molecule has 0 spiro atoms. The number of rotatable bonds is 6. The number of likely N-dealkylation sites (tertiary alicyclic amines) is 1. The van der Waals surface area contributed by atoms with Crippen LogP contribution in [0.4, 0.5) is 5.69 Å².